The molecule has 2 aromatic rings. The van der Waals surface area contributed by atoms with Crippen molar-refractivity contribution < 1.29 is 18.7 Å². The number of benzene rings is 2. The maximum Gasteiger partial charge on any atom is 0.317 e. The fourth-order valence-electron chi connectivity index (χ4n) is 2.62. The summed E-state index contributed by atoms with van der Waals surface area (Å²) in [6.07, 6.45) is 0.257. The van der Waals surface area contributed by atoms with Gasteiger partial charge in [-0.1, -0.05) is 38.1 Å². The average molecular weight is 342 g/mol. The number of hydrogen-bond acceptors (Lipinski definition) is 3. The molecule has 4 heteroatoms. The average Bonchev–Trinajstić information content (AvgIpc) is 2.60. The van der Waals surface area contributed by atoms with Gasteiger partial charge in [0.2, 0.25) is 0 Å². The Kier molecular flexibility index (Phi) is 6.45. The van der Waals surface area contributed by atoms with Crippen LogP contribution in [0.2, 0.25) is 0 Å². The molecule has 1 atom stereocenters. The van der Waals surface area contributed by atoms with Gasteiger partial charge in [0.15, 0.2) is 5.78 Å². The van der Waals surface area contributed by atoms with E-state index in [-0.39, 0.29) is 18.8 Å². The van der Waals surface area contributed by atoms with Crippen LogP contribution in [0.25, 0.3) is 0 Å². The minimum atomic E-state index is -0.935. The summed E-state index contributed by atoms with van der Waals surface area (Å²) in [7, 11) is 0. The van der Waals surface area contributed by atoms with Gasteiger partial charge in [-0.15, -0.1) is 0 Å². The SMILES string of the molecule is CCOC(=O)C(Cc1ccc(C(C)C)cc1)C(=O)c1ccc(F)cc1. The number of carbonyl (C=O) groups is 2. The molecule has 2 rings (SSSR count). The van der Waals surface area contributed by atoms with Crippen LogP contribution in [0.5, 0.6) is 0 Å². The van der Waals surface area contributed by atoms with Crippen molar-refractivity contribution in [2.24, 2.45) is 5.92 Å². The van der Waals surface area contributed by atoms with Gasteiger partial charge < -0.3 is 4.74 Å². The van der Waals surface area contributed by atoms with Crippen molar-refractivity contribution in [1.82, 2.24) is 0 Å². The van der Waals surface area contributed by atoms with Crippen LogP contribution in [0.1, 0.15) is 48.2 Å². The number of Topliss-reactive ketones (excluding diaryl/α,β-unsaturated/α-hetero) is 1. The quantitative estimate of drug-likeness (QED) is 0.421. The van der Waals surface area contributed by atoms with Gasteiger partial charge in [-0.05, 0) is 54.7 Å². The van der Waals surface area contributed by atoms with Gasteiger partial charge >= 0.3 is 5.97 Å². The van der Waals surface area contributed by atoms with Crippen LogP contribution >= 0.6 is 0 Å². The van der Waals surface area contributed by atoms with Gasteiger partial charge in [0, 0.05) is 5.56 Å². The lowest BCUT2D eigenvalue weighted by molar-refractivity contribution is -0.146. The Bertz CT molecular complexity index is 718. The van der Waals surface area contributed by atoms with Crippen LogP contribution in [-0.2, 0) is 16.0 Å². The van der Waals surface area contributed by atoms with E-state index in [1.54, 1.807) is 6.92 Å². The van der Waals surface area contributed by atoms with Gasteiger partial charge in [0.1, 0.15) is 11.7 Å². The monoisotopic (exact) mass is 342 g/mol. The summed E-state index contributed by atoms with van der Waals surface area (Å²) >= 11 is 0. The van der Waals surface area contributed by atoms with E-state index in [1.165, 1.54) is 29.8 Å². The van der Waals surface area contributed by atoms with E-state index in [0.29, 0.717) is 11.5 Å². The second-order valence-electron chi connectivity index (χ2n) is 6.28. The summed E-state index contributed by atoms with van der Waals surface area (Å²) in [5, 5.41) is 0. The molecule has 0 saturated heterocycles. The predicted octanol–water partition coefficient (Wildman–Crippen LogP) is 4.55. The molecule has 0 aliphatic rings. The number of ketones is 1. The van der Waals surface area contributed by atoms with E-state index in [9.17, 15) is 14.0 Å². The molecule has 0 heterocycles. The molecule has 0 bridgehead atoms. The van der Waals surface area contributed by atoms with Crippen molar-refractivity contribution >= 4 is 11.8 Å². The minimum absolute atomic E-state index is 0.207. The Balaban J connectivity index is 2.24. The standard InChI is InChI=1S/C21H23FO3/c1-4-25-21(24)19(20(23)17-9-11-18(22)12-10-17)13-15-5-7-16(8-6-15)14(2)3/h5-12,14,19H,4,13H2,1-3H3. The molecule has 0 N–H and O–H groups in total. The van der Waals surface area contributed by atoms with Crippen molar-refractivity contribution in [1.29, 1.82) is 0 Å². The van der Waals surface area contributed by atoms with Crippen molar-refractivity contribution in [3.63, 3.8) is 0 Å². The molecule has 0 spiro atoms. The van der Waals surface area contributed by atoms with Gasteiger partial charge in [-0.2, -0.15) is 0 Å². The Hall–Kier alpha value is -2.49. The van der Waals surface area contributed by atoms with Crippen LogP contribution in [0.15, 0.2) is 48.5 Å². The molecule has 0 aliphatic carbocycles. The number of esters is 1. The first-order valence-electron chi connectivity index (χ1n) is 8.47. The molecule has 0 fully saturated rings. The molecule has 0 saturated carbocycles. The second kappa shape index (κ2) is 8.56. The van der Waals surface area contributed by atoms with E-state index >= 15 is 0 Å². The first-order valence-corrected chi connectivity index (χ1v) is 8.47. The second-order valence-corrected chi connectivity index (χ2v) is 6.28. The predicted molar refractivity (Wildman–Crippen MR) is 95.1 cm³/mol. The molecule has 0 aliphatic heterocycles. The topological polar surface area (TPSA) is 43.4 Å². The van der Waals surface area contributed by atoms with Gasteiger partial charge in [-0.25, -0.2) is 4.39 Å². The molecule has 0 amide bonds. The molecule has 3 nitrogen and oxygen atoms in total. The van der Waals surface area contributed by atoms with Gasteiger partial charge in [0.25, 0.3) is 0 Å². The highest BCUT2D eigenvalue weighted by Crippen LogP contribution is 2.20. The van der Waals surface area contributed by atoms with E-state index < -0.39 is 17.7 Å². The molecule has 2 aromatic carbocycles. The summed E-state index contributed by atoms with van der Waals surface area (Å²) in [5.41, 5.74) is 2.39. The number of rotatable bonds is 7. The summed E-state index contributed by atoms with van der Waals surface area (Å²) in [5.74, 6) is -1.85. The van der Waals surface area contributed by atoms with Crippen LogP contribution < -0.4 is 0 Å². The lowest BCUT2D eigenvalue weighted by atomic mass is 9.90. The van der Waals surface area contributed by atoms with Crippen molar-refractivity contribution in [2.45, 2.75) is 33.1 Å². The Morgan fingerprint density at radius 2 is 1.60 bits per heavy atom. The number of carbonyl (C=O) groups excluding carboxylic acids is 2. The van der Waals surface area contributed by atoms with Crippen LogP contribution in [0.4, 0.5) is 4.39 Å². The summed E-state index contributed by atoms with van der Waals surface area (Å²) in [6, 6.07) is 13.1. The molecule has 132 valence electrons. The largest absolute Gasteiger partial charge is 0.465 e. The third-order valence-corrected chi connectivity index (χ3v) is 4.10. The van der Waals surface area contributed by atoms with E-state index in [0.717, 1.165) is 5.56 Å². The Morgan fingerprint density at radius 1 is 1.00 bits per heavy atom. The number of hydrogen-bond donors (Lipinski definition) is 0. The number of halogens is 1. The summed E-state index contributed by atoms with van der Waals surface area (Å²) in [6.45, 7) is 6.12. The first kappa shape index (κ1) is 18.8. The highest BCUT2D eigenvalue weighted by atomic mass is 19.1. The smallest absolute Gasteiger partial charge is 0.317 e. The highest BCUT2D eigenvalue weighted by molar-refractivity contribution is 6.08. The lowest BCUT2D eigenvalue weighted by Gasteiger charge is -2.15. The molecule has 0 radical (unpaired) electrons. The van der Waals surface area contributed by atoms with E-state index in [4.69, 9.17) is 4.74 Å². The molecule has 1 unspecified atom stereocenters. The minimum Gasteiger partial charge on any atom is -0.465 e. The zero-order valence-electron chi connectivity index (χ0n) is 14.8. The zero-order chi connectivity index (χ0) is 18.4. The Morgan fingerprint density at radius 3 is 2.12 bits per heavy atom. The summed E-state index contributed by atoms with van der Waals surface area (Å²) in [4.78, 5) is 25.0. The normalized spacial score (nSPS) is 12.0. The van der Waals surface area contributed by atoms with Gasteiger partial charge in [0.05, 0.1) is 6.61 Å². The van der Waals surface area contributed by atoms with E-state index in [1.807, 2.05) is 24.3 Å². The zero-order valence-corrected chi connectivity index (χ0v) is 14.8. The van der Waals surface area contributed by atoms with Crippen LogP contribution in [0.3, 0.4) is 0 Å². The van der Waals surface area contributed by atoms with Crippen molar-refractivity contribution in [3.8, 4) is 0 Å². The van der Waals surface area contributed by atoms with Crippen LogP contribution in [0, 0.1) is 11.7 Å². The maximum atomic E-state index is 13.1. The molecular weight excluding hydrogens is 319 g/mol. The van der Waals surface area contributed by atoms with Crippen molar-refractivity contribution in [2.75, 3.05) is 6.61 Å². The van der Waals surface area contributed by atoms with Gasteiger partial charge in [-0.3, -0.25) is 9.59 Å². The van der Waals surface area contributed by atoms with Crippen LogP contribution in [-0.4, -0.2) is 18.4 Å². The lowest BCUT2D eigenvalue weighted by Crippen LogP contribution is -2.28. The third kappa shape index (κ3) is 4.99. The fraction of sp³-hybridized carbons (Fsp3) is 0.333. The molecule has 25 heavy (non-hydrogen) atoms. The maximum absolute atomic E-state index is 13.1. The third-order valence-electron chi connectivity index (χ3n) is 4.10. The first-order chi connectivity index (χ1) is 11.9. The summed E-state index contributed by atoms with van der Waals surface area (Å²) < 4.78 is 18.1. The fourth-order valence-corrected chi connectivity index (χ4v) is 2.62. The molecular formula is C21H23FO3. The number of ether oxygens (including phenoxy) is 1. The molecule has 0 aromatic heterocycles. The Labute approximate surface area is 147 Å². The highest BCUT2D eigenvalue weighted by Gasteiger charge is 2.29. The van der Waals surface area contributed by atoms with Crippen molar-refractivity contribution in [3.05, 3.63) is 71.0 Å². The van der Waals surface area contributed by atoms with E-state index in [2.05, 4.69) is 13.8 Å².